The van der Waals surface area contributed by atoms with Crippen molar-refractivity contribution in [1.29, 1.82) is 0 Å². The molecule has 3 rings (SSSR count). The van der Waals surface area contributed by atoms with Gasteiger partial charge in [0.15, 0.2) is 0 Å². The third kappa shape index (κ3) is 5.06. The molecule has 1 aliphatic heterocycles. The van der Waals surface area contributed by atoms with Crippen LogP contribution in [0.1, 0.15) is 36.0 Å². The summed E-state index contributed by atoms with van der Waals surface area (Å²) in [4.78, 5) is 2.40. The predicted molar refractivity (Wildman–Crippen MR) is 103 cm³/mol. The second-order valence-electron chi connectivity index (χ2n) is 6.72. The van der Waals surface area contributed by atoms with Crippen molar-refractivity contribution >= 4 is 15.7 Å². The van der Waals surface area contributed by atoms with Crippen molar-refractivity contribution in [2.75, 3.05) is 18.0 Å². The fourth-order valence-corrected chi connectivity index (χ4v) is 4.42. The summed E-state index contributed by atoms with van der Waals surface area (Å²) >= 11 is 0. The second kappa shape index (κ2) is 8.02. The molecule has 1 aliphatic rings. The van der Waals surface area contributed by atoms with Gasteiger partial charge in [-0.2, -0.15) is 0 Å². The molecule has 0 unspecified atom stereocenters. The smallest absolute Gasteiger partial charge is 0.216 e. The van der Waals surface area contributed by atoms with E-state index >= 15 is 0 Å². The molecule has 0 spiro atoms. The van der Waals surface area contributed by atoms with E-state index in [2.05, 4.69) is 21.8 Å². The van der Waals surface area contributed by atoms with Gasteiger partial charge in [0.05, 0.1) is 5.75 Å². The van der Waals surface area contributed by atoms with Crippen LogP contribution in [-0.2, 0) is 22.3 Å². The highest BCUT2D eigenvalue weighted by molar-refractivity contribution is 7.88. The van der Waals surface area contributed by atoms with E-state index in [9.17, 15) is 8.42 Å². The molecule has 0 radical (unpaired) electrons. The maximum absolute atomic E-state index is 12.3. The molecule has 2 aromatic carbocycles. The minimum absolute atomic E-state index is 0.0194. The van der Waals surface area contributed by atoms with Crippen molar-refractivity contribution in [3.05, 3.63) is 65.2 Å². The number of anilines is 1. The van der Waals surface area contributed by atoms with Crippen molar-refractivity contribution in [1.82, 2.24) is 4.72 Å². The molecule has 134 valence electrons. The Bertz CT molecular complexity index is 795. The van der Waals surface area contributed by atoms with Gasteiger partial charge >= 0.3 is 0 Å². The number of nitrogens with zero attached hydrogens (tertiary/aromatic N) is 1. The van der Waals surface area contributed by atoms with Crippen LogP contribution in [0.2, 0.25) is 0 Å². The monoisotopic (exact) mass is 358 g/mol. The van der Waals surface area contributed by atoms with Crippen molar-refractivity contribution < 1.29 is 8.42 Å². The first-order chi connectivity index (χ1) is 12.0. The minimum Gasteiger partial charge on any atom is -0.372 e. The Morgan fingerprint density at radius 2 is 1.64 bits per heavy atom. The molecule has 1 heterocycles. The van der Waals surface area contributed by atoms with E-state index < -0.39 is 10.0 Å². The van der Waals surface area contributed by atoms with Crippen LogP contribution in [0.5, 0.6) is 0 Å². The fraction of sp³-hybridized carbons (Fsp3) is 0.400. The van der Waals surface area contributed by atoms with Gasteiger partial charge in [-0.15, -0.1) is 0 Å². The summed E-state index contributed by atoms with van der Waals surface area (Å²) in [5.74, 6) is 0.0194. The predicted octanol–water partition coefficient (Wildman–Crippen LogP) is 3.60. The Hall–Kier alpha value is -1.85. The van der Waals surface area contributed by atoms with Gasteiger partial charge in [0.2, 0.25) is 10.0 Å². The zero-order chi connectivity index (χ0) is 17.7. The van der Waals surface area contributed by atoms with E-state index in [1.807, 2.05) is 43.3 Å². The van der Waals surface area contributed by atoms with E-state index in [0.717, 1.165) is 29.8 Å². The number of benzene rings is 2. The van der Waals surface area contributed by atoms with E-state index in [0.29, 0.717) is 6.54 Å². The molecule has 1 saturated heterocycles. The molecule has 4 nitrogen and oxygen atoms in total. The van der Waals surface area contributed by atoms with Gasteiger partial charge in [0, 0.05) is 25.3 Å². The highest BCUT2D eigenvalue weighted by Gasteiger charge is 2.13. The third-order valence-electron chi connectivity index (χ3n) is 4.76. The van der Waals surface area contributed by atoms with E-state index in [1.54, 1.807) is 0 Å². The zero-order valence-electron chi connectivity index (χ0n) is 14.7. The number of aryl methyl sites for hydroxylation is 1. The first-order valence-corrected chi connectivity index (χ1v) is 10.5. The van der Waals surface area contributed by atoms with Gasteiger partial charge < -0.3 is 4.90 Å². The molecule has 2 aromatic rings. The van der Waals surface area contributed by atoms with Crippen molar-refractivity contribution in [3.8, 4) is 0 Å². The van der Waals surface area contributed by atoms with Crippen LogP contribution >= 0.6 is 0 Å². The highest BCUT2D eigenvalue weighted by Crippen LogP contribution is 2.20. The average Bonchev–Trinajstić information content (AvgIpc) is 2.63. The Kier molecular flexibility index (Phi) is 5.76. The van der Waals surface area contributed by atoms with Gasteiger partial charge in [-0.25, -0.2) is 13.1 Å². The lowest BCUT2D eigenvalue weighted by molar-refractivity contribution is 0.577. The summed E-state index contributed by atoms with van der Waals surface area (Å²) in [6.45, 7) is 4.49. The summed E-state index contributed by atoms with van der Waals surface area (Å²) in [6, 6.07) is 15.8. The summed E-state index contributed by atoms with van der Waals surface area (Å²) < 4.78 is 27.3. The lowest BCUT2D eigenvalue weighted by Crippen LogP contribution is -2.29. The molecule has 0 atom stereocenters. The summed E-state index contributed by atoms with van der Waals surface area (Å²) in [7, 11) is -3.35. The molecule has 1 fully saturated rings. The lowest BCUT2D eigenvalue weighted by atomic mass is 10.1. The Morgan fingerprint density at radius 3 is 2.32 bits per heavy atom. The molecule has 25 heavy (non-hydrogen) atoms. The molecule has 0 bridgehead atoms. The van der Waals surface area contributed by atoms with Gasteiger partial charge in [-0.05, 0) is 55.0 Å². The SMILES string of the molecule is Cc1ccccc1CS(=O)(=O)NCc1ccc(N2CCCCC2)cc1. The lowest BCUT2D eigenvalue weighted by Gasteiger charge is -2.28. The normalized spacial score (nSPS) is 15.3. The van der Waals surface area contributed by atoms with Crippen LogP contribution in [0.15, 0.2) is 48.5 Å². The number of sulfonamides is 1. The molecule has 0 aromatic heterocycles. The fourth-order valence-electron chi connectivity index (χ4n) is 3.20. The third-order valence-corrected chi connectivity index (χ3v) is 6.04. The largest absolute Gasteiger partial charge is 0.372 e. The number of nitrogens with one attached hydrogen (secondary N) is 1. The van der Waals surface area contributed by atoms with E-state index in [-0.39, 0.29) is 5.75 Å². The maximum Gasteiger partial charge on any atom is 0.216 e. The van der Waals surface area contributed by atoms with Crippen LogP contribution in [0, 0.1) is 6.92 Å². The van der Waals surface area contributed by atoms with Crippen molar-refractivity contribution in [3.63, 3.8) is 0 Å². The molecule has 0 saturated carbocycles. The topological polar surface area (TPSA) is 49.4 Å². The number of piperidine rings is 1. The number of rotatable bonds is 6. The van der Waals surface area contributed by atoms with Crippen LogP contribution in [0.3, 0.4) is 0 Å². The van der Waals surface area contributed by atoms with Crippen molar-refractivity contribution in [2.45, 2.75) is 38.5 Å². The summed E-state index contributed by atoms with van der Waals surface area (Å²) in [6.07, 6.45) is 3.82. The summed E-state index contributed by atoms with van der Waals surface area (Å²) in [5.41, 5.74) is 4.05. The van der Waals surface area contributed by atoms with Crippen LogP contribution < -0.4 is 9.62 Å². The molecule has 0 aliphatic carbocycles. The van der Waals surface area contributed by atoms with Crippen LogP contribution in [-0.4, -0.2) is 21.5 Å². The molecular formula is C20H26N2O2S. The highest BCUT2D eigenvalue weighted by atomic mass is 32.2. The van der Waals surface area contributed by atoms with Gasteiger partial charge in [-0.1, -0.05) is 36.4 Å². The van der Waals surface area contributed by atoms with Crippen LogP contribution in [0.25, 0.3) is 0 Å². The maximum atomic E-state index is 12.3. The van der Waals surface area contributed by atoms with Gasteiger partial charge in [-0.3, -0.25) is 0 Å². The van der Waals surface area contributed by atoms with Gasteiger partial charge in [0.25, 0.3) is 0 Å². The van der Waals surface area contributed by atoms with Crippen LogP contribution in [0.4, 0.5) is 5.69 Å². The van der Waals surface area contributed by atoms with E-state index in [1.165, 1.54) is 24.9 Å². The van der Waals surface area contributed by atoms with Crippen molar-refractivity contribution in [2.24, 2.45) is 0 Å². The standard InChI is InChI=1S/C20H26N2O2S/c1-17-7-3-4-8-19(17)16-25(23,24)21-15-18-9-11-20(12-10-18)22-13-5-2-6-14-22/h3-4,7-12,21H,2,5-6,13-16H2,1H3. The number of hydrogen-bond donors (Lipinski definition) is 1. The first-order valence-electron chi connectivity index (χ1n) is 8.89. The molecule has 1 N–H and O–H groups in total. The zero-order valence-corrected chi connectivity index (χ0v) is 15.6. The van der Waals surface area contributed by atoms with Gasteiger partial charge in [0.1, 0.15) is 0 Å². The van der Waals surface area contributed by atoms with E-state index in [4.69, 9.17) is 0 Å². The average molecular weight is 359 g/mol. The quantitative estimate of drug-likeness (QED) is 0.858. The molecular weight excluding hydrogens is 332 g/mol. The second-order valence-corrected chi connectivity index (χ2v) is 8.53. The number of hydrogen-bond acceptors (Lipinski definition) is 3. The first kappa shape index (κ1) is 18.0. The Balaban J connectivity index is 1.58. The molecule has 0 amide bonds. The minimum atomic E-state index is -3.35. The Labute approximate surface area is 150 Å². The summed E-state index contributed by atoms with van der Waals surface area (Å²) in [5, 5.41) is 0. The Morgan fingerprint density at radius 1 is 0.960 bits per heavy atom. The molecule has 5 heteroatoms.